The molecule has 0 spiro atoms. The highest BCUT2D eigenvalue weighted by Crippen LogP contribution is 2.44. The van der Waals surface area contributed by atoms with E-state index < -0.39 is 38.0 Å². The molecule has 3 heterocycles. The molecule has 4 atom stereocenters. The molecule has 1 saturated heterocycles. The topological polar surface area (TPSA) is 109 Å². The first-order valence-electron chi connectivity index (χ1n) is 12.4. The van der Waals surface area contributed by atoms with E-state index in [1.807, 2.05) is 48.6 Å². The third kappa shape index (κ3) is 4.36. The molecule has 0 aliphatic carbocycles. The molecule has 1 aromatic heterocycles. The molecular formula is C28H33N3O5Si. The second kappa shape index (κ2) is 9.66. The molecule has 5 rings (SSSR count). The smallest absolute Gasteiger partial charge is 0.351 e. The molecule has 8 nitrogen and oxygen atoms in total. The number of benzene rings is 2. The van der Waals surface area contributed by atoms with Gasteiger partial charge in [-0.25, -0.2) is 4.79 Å². The van der Waals surface area contributed by atoms with Crippen molar-refractivity contribution in [2.24, 2.45) is 0 Å². The van der Waals surface area contributed by atoms with Crippen molar-refractivity contribution in [3.63, 3.8) is 0 Å². The zero-order valence-corrected chi connectivity index (χ0v) is 22.3. The molecule has 0 bridgehead atoms. The van der Waals surface area contributed by atoms with Gasteiger partial charge in [0.05, 0.1) is 13.2 Å². The number of aliphatic hydroxyl groups excluding tert-OH is 1. The van der Waals surface area contributed by atoms with E-state index in [4.69, 9.17) is 19.6 Å². The highest BCUT2D eigenvalue weighted by molar-refractivity contribution is 6.99. The van der Waals surface area contributed by atoms with Gasteiger partial charge in [0.1, 0.15) is 23.6 Å². The maximum absolute atomic E-state index is 12.6. The highest BCUT2D eigenvalue weighted by atomic mass is 28.4. The predicted molar refractivity (Wildman–Crippen MR) is 144 cm³/mol. The summed E-state index contributed by atoms with van der Waals surface area (Å²) < 4.78 is 20.9. The lowest BCUT2D eigenvalue weighted by molar-refractivity contribution is -0.112. The number of fused-ring (bicyclic) bond motifs is 1. The largest absolute Gasteiger partial charge is 0.404 e. The van der Waals surface area contributed by atoms with Gasteiger partial charge in [0, 0.05) is 6.20 Å². The van der Waals surface area contributed by atoms with Crippen molar-refractivity contribution < 1.29 is 19.0 Å². The van der Waals surface area contributed by atoms with Crippen LogP contribution in [-0.4, -0.2) is 54.0 Å². The molecular weight excluding hydrogens is 486 g/mol. The molecule has 0 unspecified atom stereocenters. The monoisotopic (exact) mass is 519 g/mol. The van der Waals surface area contributed by atoms with Gasteiger partial charge in [-0.2, -0.15) is 4.98 Å². The number of hydrogen-bond acceptors (Lipinski definition) is 7. The van der Waals surface area contributed by atoms with E-state index in [9.17, 15) is 9.90 Å². The Hall–Kier alpha value is -3.08. The molecule has 3 aromatic rings. The SMILES string of the molecule is CC(C)(C)[Si](OC[C@]12C=CCO[C@H]1[C@@H](O)[C@H](n1ccc(N)nc1=O)O2)(c1ccccc1)c1ccccc1. The fourth-order valence-corrected chi connectivity index (χ4v) is 10.2. The summed E-state index contributed by atoms with van der Waals surface area (Å²) in [6.45, 7) is 7.07. The van der Waals surface area contributed by atoms with Crippen molar-refractivity contribution in [3.8, 4) is 0 Å². The molecule has 2 aliphatic rings. The van der Waals surface area contributed by atoms with E-state index in [0.29, 0.717) is 6.61 Å². The standard InChI is InChI=1S/C28H33N3O5Si/c1-27(2,3)37(20-11-6-4-7-12-20,21-13-8-5-9-14-21)35-19-28-16-10-18-34-24(28)23(32)25(36-28)31-17-15-22(29)30-26(31)33/h4-17,23-25,32H,18-19H2,1-3H3,(H2,29,30,33)/t23-,24+,25-,28-/m1/s1. The fourth-order valence-electron chi connectivity index (χ4n) is 5.57. The lowest BCUT2D eigenvalue weighted by Crippen LogP contribution is -2.68. The van der Waals surface area contributed by atoms with Gasteiger partial charge in [0.2, 0.25) is 0 Å². The second-order valence-corrected chi connectivity index (χ2v) is 14.9. The van der Waals surface area contributed by atoms with Crippen molar-refractivity contribution in [2.45, 2.75) is 49.8 Å². The average Bonchev–Trinajstić information content (AvgIpc) is 3.17. The quantitative estimate of drug-likeness (QED) is 0.379. The maximum atomic E-state index is 12.6. The van der Waals surface area contributed by atoms with E-state index in [-0.39, 0.29) is 17.5 Å². The molecule has 1 fully saturated rings. The Kier molecular flexibility index (Phi) is 6.67. The summed E-state index contributed by atoms with van der Waals surface area (Å²) >= 11 is 0. The van der Waals surface area contributed by atoms with Crippen LogP contribution in [0.2, 0.25) is 5.04 Å². The van der Waals surface area contributed by atoms with Gasteiger partial charge >= 0.3 is 5.69 Å². The van der Waals surface area contributed by atoms with E-state index >= 15 is 0 Å². The van der Waals surface area contributed by atoms with Crippen molar-refractivity contribution in [2.75, 3.05) is 18.9 Å². The van der Waals surface area contributed by atoms with Gasteiger partial charge in [-0.1, -0.05) is 87.5 Å². The molecule has 0 radical (unpaired) electrons. The van der Waals surface area contributed by atoms with Crippen molar-refractivity contribution in [1.82, 2.24) is 9.55 Å². The number of nitrogens with two attached hydrogens (primary N) is 1. The van der Waals surface area contributed by atoms with Gasteiger partial charge < -0.3 is 24.7 Å². The molecule has 0 amide bonds. The van der Waals surface area contributed by atoms with Gasteiger partial charge in [0.25, 0.3) is 8.32 Å². The molecule has 2 aromatic carbocycles. The van der Waals surface area contributed by atoms with Gasteiger partial charge in [-0.3, -0.25) is 4.57 Å². The number of aromatic nitrogens is 2. The van der Waals surface area contributed by atoms with Crippen LogP contribution in [-0.2, 0) is 13.9 Å². The minimum absolute atomic E-state index is 0.104. The molecule has 3 N–H and O–H groups in total. The summed E-state index contributed by atoms with van der Waals surface area (Å²) in [5.41, 5.74) is 3.97. The maximum Gasteiger partial charge on any atom is 0.351 e. The Morgan fingerprint density at radius 2 is 1.73 bits per heavy atom. The Balaban J connectivity index is 1.57. The second-order valence-electron chi connectivity index (χ2n) is 10.6. The normalized spacial score (nSPS) is 25.7. The van der Waals surface area contributed by atoms with Crippen LogP contribution < -0.4 is 21.8 Å². The summed E-state index contributed by atoms with van der Waals surface area (Å²) in [6.07, 6.45) is 2.40. The van der Waals surface area contributed by atoms with Crippen LogP contribution >= 0.6 is 0 Å². The van der Waals surface area contributed by atoms with Crippen molar-refractivity contribution in [3.05, 3.63) is 95.6 Å². The van der Waals surface area contributed by atoms with Crippen LogP contribution in [0.1, 0.15) is 27.0 Å². The fraction of sp³-hybridized carbons (Fsp3) is 0.357. The van der Waals surface area contributed by atoms with Crippen molar-refractivity contribution in [1.29, 1.82) is 0 Å². The average molecular weight is 520 g/mol. The summed E-state index contributed by atoms with van der Waals surface area (Å²) in [5, 5.41) is 13.3. The Labute approximate surface area is 217 Å². The Morgan fingerprint density at radius 1 is 1.11 bits per heavy atom. The Bertz CT molecular complexity index is 1290. The third-order valence-corrected chi connectivity index (χ3v) is 12.2. The van der Waals surface area contributed by atoms with E-state index in [2.05, 4.69) is 50.0 Å². The van der Waals surface area contributed by atoms with Crippen LogP contribution in [0.3, 0.4) is 0 Å². The van der Waals surface area contributed by atoms with Gasteiger partial charge in [0.15, 0.2) is 6.23 Å². The molecule has 9 heteroatoms. The molecule has 194 valence electrons. The summed E-state index contributed by atoms with van der Waals surface area (Å²) in [4.78, 5) is 16.4. The third-order valence-electron chi connectivity index (χ3n) is 7.25. The van der Waals surface area contributed by atoms with Gasteiger partial charge in [-0.15, -0.1) is 0 Å². The summed E-state index contributed by atoms with van der Waals surface area (Å²) in [7, 11) is -2.89. The molecule has 2 aliphatic heterocycles. The lowest BCUT2D eigenvalue weighted by Gasteiger charge is -2.45. The first-order valence-corrected chi connectivity index (χ1v) is 14.3. The van der Waals surface area contributed by atoms with E-state index in [1.54, 1.807) is 0 Å². The summed E-state index contributed by atoms with van der Waals surface area (Å²) in [6, 6.07) is 22.1. The number of ether oxygens (including phenoxy) is 2. The minimum Gasteiger partial charge on any atom is -0.404 e. The van der Waals surface area contributed by atoms with Crippen LogP contribution in [0.5, 0.6) is 0 Å². The molecule has 37 heavy (non-hydrogen) atoms. The van der Waals surface area contributed by atoms with Crippen molar-refractivity contribution >= 4 is 24.5 Å². The Morgan fingerprint density at radius 3 is 2.30 bits per heavy atom. The number of nitrogen functional groups attached to an aromatic ring is 1. The van der Waals surface area contributed by atoms with Crippen LogP contribution in [0.25, 0.3) is 0 Å². The first-order chi connectivity index (χ1) is 17.7. The number of anilines is 1. The number of aliphatic hydroxyl groups is 1. The predicted octanol–water partition coefficient (Wildman–Crippen LogP) is 1.99. The summed E-state index contributed by atoms with van der Waals surface area (Å²) in [5.74, 6) is 0.104. The minimum atomic E-state index is -2.89. The zero-order chi connectivity index (χ0) is 26.3. The van der Waals surface area contributed by atoms with Crippen LogP contribution in [0.15, 0.2) is 89.9 Å². The van der Waals surface area contributed by atoms with Gasteiger partial charge in [-0.05, 0) is 27.6 Å². The lowest BCUT2D eigenvalue weighted by atomic mass is 9.93. The zero-order valence-electron chi connectivity index (χ0n) is 21.3. The first kappa shape index (κ1) is 25.6. The van der Waals surface area contributed by atoms with Crippen LogP contribution in [0.4, 0.5) is 5.82 Å². The number of rotatable bonds is 6. The van der Waals surface area contributed by atoms with Crippen LogP contribution in [0, 0.1) is 0 Å². The van der Waals surface area contributed by atoms with E-state index in [1.165, 1.54) is 16.8 Å². The highest BCUT2D eigenvalue weighted by Gasteiger charge is 2.59. The number of nitrogens with zero attached hydrogens (tertiary/aromatic N) is 2. The number of hydrogen-bond donors (Lipinski definition) is 2. The van der Waals surface area contributed by atoms with E-state index in [0.717, 1.165) is 10.4 Å². The molecule has 0 saturated carbocycles.